The second-order valence-corrected chi connectivity index (χ2v) is 3.95. The maximum atomic E-state index is 11.3. The van der Waals surface area contributed by atoms with Crippen molar-refractivity contribution in [3.8, 4) is 0 Å². The molecule has 1 saturated heterocycles. The molecule has 2 rings (SSSR count). The highest BCUT2D eigenvalue weighted by Gasteiger charge is 2.21. The third-order valence-electron chi connectivity index (χ3n) is 2.38. The molecule has 5 nitrogen and oxygen atoms in total. The normalized spacial score (nSPS) is 17.2. The van der Waals surface area contributed by atoms with Crippen LogP contribution in [-0.4, -0.2) is 17.5 Å². The summed E-state index contributed by atoms with van der Waals surface area (Å²) >= 11 is 5.78. The maximum Gasteiger partial charge on any atom is 0.334 e. The van der Waals surface area contributed by atoms with Gasteiger partial charge in [-0.3, -0.25) is 10.1 Å². The summed E-state index contributed by atoms with van der Waals surface area (Å²) in [5.74, 6) is -0.431. The Labute approximate surface area is 102 Å². The summed E-state index contributed by atoms with van der Waals surface area (Å²) in [4.78, 5) is 21.5. The molecule has 0 atom stereocenters. The number of nitro benzene ring substituents is 1. The number of rotatable bonds is 2. The van der Waals surface area contributed by atoms with E-state index in [1.807, 2.05) is 0 Å². The SMILES string of the molecule is O=C1OCC/C1=C/c1cc(Cl)ccc1[N+](=O)[O-]. The zero-order chi connectivity index (χ0) is 12.4. The maximum absolute atomic E-state index is 11.3. The molecule has 1 aliphatic rings. The van der Waals surface area contributed by atoms with Crippen LogP contribution in [0.15, 0.2) is 23.8 Å². The minimum Gasteiger partial charge on any atom is -0.462 e. The summed E-state index contributed by atoms with van der Waals surface area (Å²) in [7, 11) is 0. The zero-order valence-electron chi connectivity index (χ0n) is 8.68. The number of carbonyl (C=O) groups is 1. The fraction of sp³-hybridized carbons (Fsp3) is 0.182. The molecule has 1 aliphatic heterocycles. The number of hydrogen-bond acceptors (Lipinski definition) is 4. The molecule has 1 aromatic carbocycles. The number of cyclic esters (lactones) is 1. The number of hydrogen-bond donors (Lipinski definition) is 0. The van der Waals surface area contributed by atoms with Crippen LogP contribution in [0.25, 0.3) is 6.08 Å². The fourth-order valence-electron chi connectivity index (χ4n) is 1.57. The van der Waals surface area contributed by atoms with Gasteiger partial charge in [-0.05, 0) is 18.2 Å². The Morgan fingerprint density at radius 3 is 2.82 bits per heavy atom. The number of nitro groups is 1. The van der Waals surface area contributed by atoms with E-state index in [1.165, 1.54) is 24.3 Å². The van der Waals surface area contributed by atoms with E-state index in [4.69, 9.17) is 16.3 Å². The van der Waals surface area contributed by atoms with E-state index < -0.39 is 10.9 Å². The van der Waals surface area contributed by atoms with Gasteiger partial charge >= 0.3 is 5.97 Å². The van der Waals surface area contributed by atoms with Gasteiger partial charge in [-0.2, -0.15) is 0 Å². The van der Waals surface area contributed by atoms with Crippen molar-refractivity contribution >= 4 is 29.3 Å². The minimum atomic E-state index is -0.511. The van der Waals surface area contributed by atoms with E-state index in [9.17, 15) is 14.9 Å². The van der Waals surface area contributed by atoms with Gasteiger partial charge in [-0.25, -0.2) is 4.79 Å². The zero-order valence-corrected chi connectivity index (χ0v) is 9.44. The number of esters is 1. The first-order chi connectivity index (χ1) is 8.08. The molecule has 0 amide bonds. The lowest BCUT2D eigenvalue weighted by Gasteiger charge is -1.99. The van der Waals surface area contributed by atoms with Crippen molar-refractivity contribution in [2.24, 2.45) is 0 Å². The Bertz CT molecular complexity index is 524. The standard InChI is InChI=1S/C11H8ClNO4/c12-9-1-2-10(13(15)16)8(6-9)5-7-3-4-17-11(7)14/h1-2,5-6H,3-4H2/b7-5-. The molecule has 1 fully saturated rings. The van der Waals surface area contributed by atoms with Gasteiger partial charge in [0.05, 0.1) is 17.1 Å². The predicted octanol–water partition coefficient (Wildman–Crippen LogP) is 2.58. The number of halogens is 1. The molecule has 0 unspecified atom stereocenters. The second kappa shape index (κ2) is 4.55. The molecule has 0 N–H and O–H groups in total. The number of carbonyl (C=O) groups excluding carboxylic acids is 1. The molecule has 0 aliphatic carbocycles. The van der Waals surface area contributed by atoms with Crippen LogP contribution in [-0.2, 0) is 9.53 Å². The van der Waals surface area contributed by atoms with Crippen LogP contribution in [0, 0.1) is 10.1 Å². The van der Waals surface area contributed by atoms with Gasteiger partial charge < -0.3 is 4.74 Å². The van der Waals surface area contributed by atoms with Gasteiger partial charge in [0.2, 0.25) is 0 Å². The number of ether oxygens (including phenoxy) is 1. The lowest BCUT2D eigenvalue weighted by atomic mass is 10.1. The Balaban J connectivity index is 2.47. The molecule has 88 valence electrons. The molecular weight excluding hydrogens is 246 g/mol. The van der Waals surface area contributed by atoms with Crippen LogP contribution in [0.1, 0.15) is 12.0 Å². The van der Waals surface area contributed by atoms with Crippen LogP contribution in [0.5, 0.6) is 0 Å². The van der Waals surface area contributed by atoms with E-state index in [1.54, 1.807) is 0 Å². The molecule has 17 heavy (non-hydrogen) atoms. The van der Waals surface area contributed by atoms with Crippen LogP contribution in [0.4, 0.5) is 5.69 Å². The molecule has 1 heterocycles. The fourth-order valence-corrected chi connectivity index (χ4v) is 1.76. The van der Waals surface area contributed by atoms with E-state index in [2.05, 4.69) is 0 Å². The molecule has 0 radical (unpaired) electrons. The van der Waals surface area contributed by atoms with Gasteiger partial charge in [0.1, 0.15) is 0 Å². The first-order valence-electron chi connectivity index (χ1n) is 4.89. The van der Waals surface area contributed by atoms with Crippen molar-refractivity contribution in [1.82, 2.24) is 0 Å². The highest BCUT2D eigenvalue weighted by molar-refractivity contribution is 6.30. The quantitative estimate of drug-likeness (QED) is 0.352. The predicted molar refractivity (Wildman–Crippen MR) is 61.7 cm³/mol. The van der Waals surface area contributed by atoms with Crippen molar-refractivity contribution in [3.63, 3.8) is 0 Å². The van der Waals surface area contributed by atoms with Gasteiger partial charge in [-0.1, -0.05) is 11.6 Å². The molecule has 0 bridgehead atoms. The van der Waals surface area contributed by atoms with Crippen molar-refractivity contribution < 1.29 is 14.5 Å². The van der Waals surface area contributed by atoms with Crippen LogP contribution >= 0.6 is 11.6 Å². The molecule has 0 aromatic heterocycles. The largest absolute Gasteiger partial charge is 0.462 e. The Morgan fingerprint density at radius 1 is 1.47 bits per heavy atom. The first kappa shape index (κ1) is 11.6. The number of benzene rings is 1. The van der Waals surface area contributed by atoms with Crippen LogP contribution in [0.2, 0.25) is 5.02 Å². The number of nitrogens with zero attached hydrogens (tertiary/aromatic N) is 1. The van der Waals surface area contributed by atoms with E-state index in [0.29, 0.717) is 29.2 Å². The summed E-state index contributed by atoms with van der Waals surface area (Å²) in [6, 6.07) is 4.21. The summed E-state index contributed by atoms with van der Waals surface area (Å²) < 4.78 is 4.76. The monoisotopic (exact) mass is 253 g/mol. The molecule has 6 heteroatoms. The average Bonchev–Trinajstić information content (AvgIpc) is 2.64. The van der Waals surface area contributed by atoms with E-state index >= 15 is 0 Å². The van der Waals surface area contributed by atoms with E-state index in [0.717, 1.165) is 0 Å². The van der Waals surface area contributed by atoms with Gasteiger partial charge in [0.25, 0.3) is 5.69 Å². The lowest BCUT2D eigenvalue weighted by molar-refractivity contribution is -0.385. The topological polar surface area (TPSA) is 69.4 Å². The second-order valence-electron chi connectivity index (χ2n) is 3.52. The van der Waals surface area contributed by atoms with Crippen LogP contribution < -0.4 is 0 Å². The average molecular weight is 254 g/mol. The summed E-state index contributed by atoms with van der Waals surface area (Å²) in [5, 5.41) is 11.2. The molecular formula is C11H8ClNO4. The summed E-state index contributed by atoms with van der Waals surface area (Å²) in [5.41, 5.74) is 0.660. The molecule has 1 aromatic rings. The highest BCUT2D eigenvalue weighted by atomic mass is 35.5. The van der Waals surface area contributed by atoms with Crippen molar-refractivity contribution in [2.45, 2.75) is 6.42 Å². The van der Waals surface area contributed by atoms with Crippen molar-refractivity contribution in [2.75, 3.05) is 6.61 Å². The molecule has 0 spiro atoms. The van der Waals surface area contributed by atoms with Crippen molar-refractivity contribution in [3.05, 3.63) is 44.5 Å². The summed E-state index contributed by atoms with van der Waals surface area (Å²) in [6.07, 6.45) is 1.92. The smallest absolute Gasteiger partial charge is 0.334 e. The Morgan fingerprint density at radius 2 is 2.24 bits per heavy atom. The third-order valence-corrected chi connectivity index (χ3v) is 2.62. The Kier molecular flexibility index (Phi) is 3.10. The Hall–Kier alpha value is -1.88. The lowest BCUT2D eigenvalue weighted by Crippen LogP contribution is -1.96. The van der Waals surface area contributed by atoms with Gasteiger partial charge in [0, 0.05) is 23.1 Å². The third kappa shape index (κ3) is 2.45. The van der Waals surface area contributed by atoms with Gasteiger partial charge in [-0.15, -0.1) is 0 Å². The van der Waals surface area contributed by atoms with Gasteiger partial charge in [0.15, 0.2) is 0 Å². The van der Waals surface area contributed by atoms with Crippen LogP contribution in [0.3, 0.4) is 0 Å². The van der Waals surface area contributed by atoms with E-state index in [-0.39, 0.29) is 5.69 Å². The summed E-state index contributed by atoms with van der Waals surface area (Å²) in [6.45, 7) is 0.318. The van der Waals surface area contributed by atoms with Crippen molar-refractivity contribution in [1.29, 1.82) is 0 Å². The first-order valence-corrected chi connectivity index (χ1v) is 5.27. The highest BCUT2D eigenvalue weighted by Crippen LogP contribution is 2.27. The minimum absolute atomic E-state index is 0.0819. The molecule has 0 saturated carbocycles.